The average molecular weight is 418 g/mol. The van der Waals surface area contributed by atoms with E-state index in [1.807, 2.05) is 17.9 Å². The quantitative estimate of drug-likeness (QED) is 0.442. The monoisotopic (exact) mass is 418 g/mol. The van der Waals surface area contributed by atoms with Crippen LogP contribution in [0.5, 0.6) is 0 Å². The van der Waals surface area contributed by atoms with E-state index in [2.05, 4.69) is 33.4 Å². The molecule has 0 aromatic carbocycles. The van der Waals surface area contributed by atoms with Crippen LogP contribution in [-0.2, 0) is 7.05 Å². The minimum absolute atomic E-state index is 0. The maximum Gasteiger partial charge on any atom is 0.188 e. The van der Waals surface area contributed by atoms with E-state index in [9.17, 15) is 0 Å². The van der Waals surface area contributed by atoms with Gasteiger partial charge in [-0.25, -0.2) is 0 Å². The molecular formula is C15H27IN6. The van der Waals surface area contributed by atoms with E-state index in [4.69, 9.17) is 5.73 Å². The summed E-state index contributed by atoms with van der Waals surface area (Å²) in [6.45, 7) is 1.91. The molecule has 2 heterocycles. The molecule has 0 radical (unpaired) electrons. The Labute approximate surface area is 149 Å². The lowest BCUT2D eigenvalue weighted by Crippen LogP contribution is -2.39. The number of aryl methyl sites for hydroxylation is 1. The normalized spacial score (nSPS) is 26.5. The number of hydrogen-bond acceptors (Lipinski definition) is 3. The molecule has 2 aliphatic rings. The topological polar surface area (TPSA) is 71.5 Å². The van der Waals surface area contributed by atoms with Gasteiger partial charge in [-0.1, -0.05) is 0 Å². The van der Waals surface area contributed by atoms with Gasteiger partial charge in [0.1, 0.15) is 0 Å². The smallest absolute Gasteiger partial charge is 0.188 e. The van der Waals surface area contributed by atoms with Crippen LogP contribution in [0.1, 0.15) is 37.4 Å². The molecule has 1 aromatic heterocycles. The second-order valence-corrected chi connectivity index (χ2v) is 6.35. The van der Waals surface area contributed by atoms with Gasteiger partial charge in [0.2, 0.25) is 0 Å². The van der Waals surface area contributed by atoms with Crippen LogP contribution in [0, 0.1) is 5.92 Å². The Balaban J connectivity index is 0.00000176. The molecule has 1 saturated carbocycles. The Bertz CT molecular complexity index is 510. The van der Waals surface area contributed by atoms with Gasteiger partial charge in [-0.15, -0.1) is 24.0 Å². The van der Waals surface area contributed by atoms with Crippen molar-refractivity contribution in [2.24, 2.45) is 23.7 Å². The van der Waals surface area contributed by atoms with Crippen LogP contribution in [0.3, 0.4) is 0 Å². The van der Waals surface area contributed by atoms with Gasteiger partial charge in [0, 0.05) is 25.8 Å². The van der Waals surface area contributed by atoms with Crippen molar-refractivity contribution in [3.8, 4) is 0 Å². The molecule has 1 saturated heterocycles. The Kier molecular flexibility index (Phi) is 6.08. The first-order valence-corrected chi connectivity index (χ1v) is 7.89. The average Bonchev–Trinajstić information content (AvgIpc) is 3.17. The van der Waals surface area contributed by atoms with E-state index in [-0.39, 0.29) is 24.0 Å². The maximum atomic E-state index is 5.97. The van der Waals surface area contributed by atoms with Crippen LogP contribution in [0.4, 0.5) is 0 Å². The zero-order chi connectivity index (χ0) is 14.8. The third-order valence-corrected chi connectivity index (χ3v) is 4.59. The molecule has 1 aliphatic carbocycles. The first-order valence-electron chi connectivity index (χ1n) is 7.89. The Morgan fingerprint density at radius 1 is 1.41 bits per heavy atom. The fourth-order valence-corrected chi connectivity index (χ4v) is 3.29. The molecule has 1 aliphatic heterocycles. The Hall–Kier alpha value is -0.830. The zero-order valence-corrected chi connectivity index (χ0v) is 15.7. The summed E-state index contributed by atoms with van der Waals surface area (Å²) >= 11 is 0. The minimum Gasteiger partial charge on any atom is -0.370 e. The fourth-order valence-electron chi connectivity index (χ4n) is 3.29. The van der Waals surface area contributed by atoms with E-state index in [1.54, 1.807) is 0 Å². The third-order valence-electron chi connectivity index (χ3n) is 4.59. The molecule has 2 atom stereocenters. The molecule has 1 aromatic rings. The van der Waals surface area contributed by atoms with Gasteiger partial charge in [0.25, 0.3) is 0 Å². The van der Waals surface area contributed by atoms with Crippen molar-refractivity contribution in [3.63, 3.8) is 0 Å². The van der Waals surface area contributed by atoms with Crippen molar-refractivity contribution in [3.05, 3.63) is 18.0 Å². The van der Waals surface area contributed by atoms with E-state index in [0.29, 0.717) is 24.0 Å². The molecule has 0 unspecified atom stereocenters. The van der Waals surface area contributed by atoms with Gasteiger partial charge in [-0.05, 0) is 51.3 Å². The number of nitrogens with zero attached hydrogens (tertiary/aromatic N) is 4. The molecule has 3 N–H and O–H groups in total. The Morgan fingerprint density at radius 2 is 2.18 bits per heavy atom. The highest BCUT2D eigenvalue weighted by atomic mass is 127. The number of rotatable bonds is 4. The van der Waals surface area contributed by atoms with Gasteiger partial charge < -0.3 is 11.1 Å². The molecule has 124 valence electrons. The number of halogens is 1. The molecule has 0 amide bonds. The number of piperidine rings is 1. The molecular weight excluding hydrogens is 391 g/mol. The summed E-state index contributed by atoms with van der Waals surface area (Å²) in [5, 5.41) is 7.58. The number of guanidine groups is 1. The van der Waals surface area contributed by atoms with Gasteiger partial charge in [-0.3, -0.25) is 14.6 Å². The summed E-state index contributed by atoms with van der Waals surface area (Å²) in [5.41, 5.74) is 7.24. The largest absolute Gasteiger partial charge is 0.370 e. The van der Waals surface area contributed by atoms with Gasteiger partial charge >= 0.3 is 0 Å². The van der Waals surface area contributed by atoms with Gasteiger partial charge in [0.05, 0.1) is 11.7 Å². The lowest BCUT2D eigenvalue weighted by Gasteiger charge is -2.38. The number of aromatic nitrogens is 2. The fraction of sp³-hybridized carbons (Fsp3) is 0.733. The lowest BCUT2D eigenvalue weighted by atomic mass is 9.87. The molecule has 7 heteroatoms. The number of likely N-dealkylation sites (tertiary alicyclic amines) is 1. The first-order chi connectivity index (χ1) is 10.1. The van der Waals surface area contributed by atoms with Crippen LogP contribution in [0.15, 0.2) is 17.3 Å². The summed E-state index contributed by atoms with van der Waals surface area (Å²) in [6, 6.07) is 3.06. The predicted molar refractivity (Wildman–Crippen MR) is 99.4 cm³/mol. The van der Waals surface area contributed by atoms with Crippen molar-refractivity contribution in [1.29, 1.82) is 0 Å². The highest BCUT2D eigenvalue weighted by molar-refractivity contribution is 14.0. The minimum atomic E-state index is 0. The summed E-state index contributed by atoms with van der Waals surface area (Å²) in [4.78, 5) is 7.00. The highest BCUT2D eigenvalue weighted by Crippen LogP contribution is 2.34. The number of nitrogens with one attached hydrogen (secondary N) is 1. The van der Waals surface area contributed by atoms with Crippen LogP contribution in [-0.4, -0.2) is 46.8 Å². The van der Waals surface area contributed by atoms with Crippen molar-refractivity contribution in [2.45, 2.75) is 37.8 Å². The van der Waals surface area contributed by atoms with E-state index in [0.717, 1.165) is 13.1 Å². The Morgan fingerprint density at radius 3 is 2.82 bits per heavy atom. The molecule has 0 bridgehead atoms. The lowest BCUT2D eigenvalue weighted by molar-refractivity contribution is 0.119. The highest BCUT2D eigenvalue weighted by Gasteiger charge is 2.32. The first kappa shape index (κ1) is 17.5. The van der Waals surface area contributed by atoms with Gasteiger partial charge in [-0.2, -0.15) is 5.10 Å². The molecule has 2 fully saturated rings. The van der Waals surface area contributed by atoms with Crippen LogP contribution in [0.2, 0.25) is 0 Å². The van der Waals surface area contributed by atoms with Crippen LogP contribution >= 0.6 is 24.0 Å². The second-order valence-electron chi connectivity index (χ2n) is 6.35. The van der Waals surface area contributed by atoms with Crippen molar-refractivity contribution < 1.29 is 0 Å². The standard InChI is InChI=1S/C15H26N6.HI/c1-20-9-3-4-11(10-17-15(16)19-12-5-6-12)14(20)13-7-8-18-21(13)2;/h7-8,11-12,14H,3-6,9-10H2,1-2H3,(H3,16,17,19);1H/t11-,14+;/m0./s1. The molecule has 22 heavy (non-hydrogen) atoms. The van der Waals surface area contributed by atoms with Crippen molar-refractivity contribution >= 4 is 29.9 Å². The summed E-state index contributed by atoms with van der Waals surface area (Å²) in [6.07, 6.45) is 6.74. The third kappa shape index (κ3) is 4.13. The predicted octanol–water partition coefficient (Wildman–Crippen LogP) is 1.49. The van der Waals surface area contributed by atoms with Crippen molar-refractivity contribution in [2.75, 3.05) is 20.1 Å². The molecule has 0 spiro atoms. The van der Waals surface area contributed by atoms with E-state index < -0.39 is 0 Å². The van der Waals surface area contributed by atoms with Crippen molar-refractivity contribution in [1.82, 2.24) is 20.0 Å². The summed E-state index contributed by atoms with van der Waals surface area (Å²) < 4.78 is 1.98. The number of hydrogen-bond donors (Lipinski definition) is 2. The maximum absolute atomic E-state index is 5.97. The molecule has 3 rings (SSSR count). The SMILES string of the molecule is CN1CCC[C@@H](CN=C(N)NC2CC2)[C@@H]1c1ccnn1C.I. The van der Waals surface area contributed by atoms with Crippen LogP contribution < -0.4 is 11.1 Å². The van der Waals surface area contributed by atoms with E-state index >= 15 is 0 Å². The molecule has 6 nitrogen and oxygen atoms in total. The van der Waals surface area contributed by atoms with Crippen LogP contribution in [0.25, 0.3) is 0 Å². The summed E-state index contributed by atoms with van der Waals surface area (Å²) in [5.74, 6) is 1.10. The van der Waals surface area contributed by atoms with E-state index in [1.165, 1.54) is 31.4 Å². The zero-order valence-electron chi connectivity index (χ0n) is 13.4. The summed E-state index contributed by atoms with van der Waals surface area (Å²) in [7, 11) is 4.21. The van der Waals surface area contributed by atoms with Gasteiger partial charge in [0.15, 0.2) is 5.96 Å². The number of aliphatic imine (C=N–C) groups is 1. The second kappa shape index (κ2) is 7.63. The number of nitrogens with two attached hydrogens (primary N) is 1.